The third kappa shape index (κ3) is 10.1. The maximum atomic E-state index is 13.2. The lowest BCUT2D eigenvalue weighted by molar-refractivity contribution is -0.132. The number of ether oxygens (including phenoxy) is 1. The summed E-state index contributed by atoms with van der Waals surface area (Å²) in [4.78, 5) is 15.3. The van der Waals surface area contributed by atoms with Crippen molar-refractivity contribution >= 4 is 27.5 Å². The standard InChI is InChI=1S/C31H54N2O3S2/c1-22-5-11-30-26(7-8-27-19-28(34)10-6-24(27)3)9-12-29(30)25(4)36-16-13-23(2)21-33(20-22)31(35)14-17-37-38-18-15-32/h8,22-24,26,28,30,34H,5-7,9-21,32H2,1-4H3. The van der Waals surface area contributed by atoms with Gasteiger partial charge < -0.3 is 20.5 Å². The zero-order valence-corrected chi connectivity index (χ0v) is 26.1. The number of amides is 1. The van der Waals surface area contributed by atoms with Crippen LogP contribution in [-0.4, -0.2) is 59.8 Å². The van der Waals surface area contributed by atoms with Crippen molar-refractivity contribution in [2.24, 2.45) is 35.3 Å². The summed E-state index contributed by atoms with van der Waals surface area (Å²) in [5.74, 6) is 5.98. The molecule has 7 heteroatoms. The van der Waals surface area contributed by atoms with Gasteiger partial charge in [0.15, 0.2) is 0 Å². The lowest BCUT2D eigenvalue weighted by Gasteiger charge is -2.29. The minimum atomic E-state index is -0.158. The summed E-state index contributed by atoms with van der Waals surface area (Å²) in [6.45, 7) is 12.2. The molecule has 38 heavy (non-hydrogen) atoms. The van der Waals surface area contributed by atoms with Gasteiger partial charge in [-0.05, 0) is 99.9 Å². The molecule has 0 radical (unpaired) electrons. The fourth-order valence-corrected chi connectivity index (χ4v) is 8.40. The minimum Gasteiger partial charge on any atom is -0.498 e. The number of carbonyl (C=O) groups is 1. The van der Waals surface area contributed by atoms with Gasteiger partial charge in [-0.15, -0.1) is 0 Å². The van der Waals surface area contributed by atoms with Crippen LogP contribution < -0.4 is 5.73 Å². The topological polar surface area (TPSA) is 75.8 Å². The molecular formula is C31H54N2O3S2. The molecule has 6 atom stereocenters. The number of hydrogen-bond acceptors (Lipinski definition) is 6. The molecule has 1 amide bonds. The smallest absolute Gasteiger partial charge is 0.223 e. The first kappa shape index (κ1) is 31.9. The molecule has 3 N–H and O–H groups in total. The van der Waals surface area contributed by atoms with E-state index in [1.54, 1.807) is 27.2 Å². The van der Waals surface area contributed by atoms with E-state index in [1.165, 1.54) is 18.4 Å². The maximum absolute atomic E-state index is 13.2. The fourth-order valence-electron chi connectivity index (χ4n) is 6.57. The third-order valence-corrected chi connectivity index (χ3v) is 11.4. The predicted octanol–water partition coefficient (Wildman–Crippen LogP) is 6.82. The monoisotopic (exact) mass is 566 g/mol. The SMILES string of the molecule is CC1=C2CCC(CC=C3CC(O)CCC3C)C2CCC(C)CN(C(=O)CCSSCCN)CC(C)CCO1. The van der Waals surface area contributed by atoms with Gasteiger partial charge in [0.2, 0.25) is 5.91 Å². The Morgan fingerprint density at radius 1 is 1.05 bits per heavy atom. The molecule has 5 nitrogen and oxygen atoms in total. The number of aliphatic hydroxyl groups excluding tert-OH is 1. The Balaban J connectivity index is 1.66. The molecule has 2 aliphatic carbocycles. The van der Waals surface area contributed by atoms with Crippen molar-refractivity contribution in [3.05, 3.63) is 23.0 Å². The average molecular weight is 567 g/mol. The van der Waals surface area contributed by atoms with E-state index >= 15 is 0 Å². The molecular weight excluding hydrogens is 512 g/mol. The molecule has 1 heterocycles. The molecule has 0 aromatic heterocycles. The number of aliphatic hydroxyl groups is 1. The molecule has 1 aliphatic heterocycles. The predicted molar refractivity (Wildman–Crippen MR) is 164 cm³/mol. The van der Waals surface area contributed by atoms with Crippen molar-refractivity contribution in [1.82, 2.24) is 4.90 Å². The van der Waals surface area contributed by atoms with E-state index in [-0.39, 0.29) is 6.10 Å². The van der Waals surface area contributed by atoms with Gasteiger partial charge in [-0.2, -0.15) is 0 Å². The summed E-state index contributed by atoms with van der Waals surface area (Å²) in [5, 5.41) is 10.2. The van der Waals surface area contributed by atoms with Gasteiger partial charge in [0.05, 0.1) is 18.5 Å². The van der Waals surface area contributed by atoms with E-state index in [4.69, 9.17) is 10.5 Å². The van der Waals surface area contributed by atoms with Crippen molar-refractivity contribution in [1.29, 1.82) is 0 Å². The van der Waals surface area contributed by atoms with Crippen LogP contribution in [0.4, 0.5) is 0 Å². The van der Waals surface area contributed by atoms with E-state index in [1.807, 2.05) is 0 Å². The van der Waals surface area contributed by atoms with E-state index in [2.05, 4.69) is 38.7 Å². The summed E-state index contributed by atoms with van der Waals surface area (Å²) < 4.78 is 6.35. The molecule has 2 saturated carbocycles. The van der Waals surface area contributed by atoms with Gasteiger partial charge in [-0.25, -0.2) is 0 Å². The Morgan fingerprint density at radius 2 is 1.79 bits per heavy atom. The van der Waals surface area contributed by atoms with Crippen molar-refractivity contribution in [3.8, 4) is 0 Å². The van der Waals surface area contributed by atoms with E-state index in [9.17, 15) is 9.90 Å². The average Bonchev–Trinajstić information content (AvgIpc) is 3.29. The number of allylic oxidation sites excluding steroid dienone is 3. The highest BCUT2D eigenvalue weighted by molar-refractivity contribution is 8.76. The Labute approximate surface area is 240 Å². The Morgan fingerprint density at radius 3 is 2.55 bits per heavy atom. The van der Waals surface area contributed by atoms with E-state index in [0.717, 1.165) is 81.9 Å². The second-order valence-electron chi connectivity index (χ2n) is 12.2. The number of hydrogen-bond donors (Lipinski definition) is 2. The lowest BCUT2D eigenvalue weighted by Crippen LogP contribution is -2.38. The van der Waals surface area contributed by atoms with Crippen LogP contribution >= 0.6 is 21.6 Å². The summed E-state index contributed by atoms with van der Waals surface area (Å²) in [7, 11) is 3.54. The highest BCUT2D eigenvalue weighted by Crippen LogP contribution is 2.44. The second kappa shape index (κ2) is 16.6. The minimum absolute atomic E-state index is 0.158. The molecule has 6 unspecified atom stereocenters. The zero-order chi connectivity index (χ0) is 27.5. The maximum Gasteiger partial charge on any atom is 0.223 e. The Bertz CT molecular complexity index is 802. The van der Waals surface area contributed by atoms with Crippen LogP contribution in [0.5, 0.6) is 0 Å². The second-order valence-corrected chi connectivity index (χ2v) is 14.9. The molecule has 218 valence electrons. The third-order valence-electron chi connectivity index (χ3n) is 8.97. The fraction of sp³-hybridized carbons (Fsp3) is 0.839. The quantitative estimate of drug-likeness (QED) is 0.191. The van der Waals surface area contributed by atoms with Crippen molar-refractivity contribution in [2.75, 3.05) is 37.7 Å². The van der Waals surface area contributed by atoms with Crippen molar-refractivity contribution in [2.45, 2.75) is 98.0 Å². The van der Waals surface area contributed by atoms with Gasteiger partial charge in [-0.1, -0.05) is 54.0 Å². The van der Waals surface area contributed by atoms with Crippen molar-refractivity contribution < 1.29 is 14.6 Å². The van der Waals surface area contributed by atoms with Gasteiger partial charge >= 0.3 is 0 Å². The van der Waals surface area contributed by atoms with Crippen LogP contribution in [-0.2, 0) is 9.53 Å². The Kier molecular flexibility index (Phi) is 13.9. The van der Waals surface area contributed by atoms with Crippen LogP contribution in [0, 0.1) is 29.6 Å². The van der Waals surface area contributed by atoms with Crippen LogP contribution in [0.15, 0.2) is 23.0 Å². The first-order valence-electron chi connectivity index (χ1n) is 15.2. The van der Waals surface area contributed by atoms with Crippen LogP contribution in [0.25, 0.3) is 0 Å². The lowest BCUT2D eigenvalue weighted by atomic mass is 9.80. The number of nitrogens with zero attached hydrogens (tertiary/aromatic N) is 1. The van der Waals surface area contributed by atoms with Crippen LogP contribution in [0.3, 0.4) is 0 Å². The number of fused-ring (bicyclic) bond motifs is 1. The molecule has 0 aromatic rings. The first-order valence-corrected chi connectivity index (χ1v) is 17.7. The summed E-state index contributed by atoms with van der Waals surface area (Å²) in [6.07, 6.45) is 12.6. The molecule has 3 rings (SSSR count). The molecule has 3 aliphatic rings. The van der Waals surface area contributed by atoms with Gasteiger partial charge in [0.1, 0.15) is 0 Å². The Hall–Kier alpha value is -0.630. The zero-order valence-electron chi connectivity index (χ0n) is 24.5. The number of carbonyl (C=O) groups excluding carboxylic acids is 1. The van der Waals surface area contributed by atoms with Gasteiger partial charge in [0, 0.05) is 37.6 Å². The highest BCUT2D eigenvalue weighted by Gasteiger charge is 2.34. The van der Waals surface area contributed by atoms with Gasteiger partial charge in [0.25, 0.3) is 0 Å². The van der Waals surface area contributed by atoms with Crippen molar-refractivity contribution in [3.63, 3.8) is 0 Å². The normalized spacial score (nSPS) is 32.8. The molecule has 0 aromatic carbocycles. The molecule has 2 fully saturated rings. The summed E-state index contributed by atoms with van der Waals surface area (Å²) in [5.41, 5.74) is 8.60. The largest absolute Gasteiger partial charge is 0.498 e. The van der Waals surface area contributed by atoms with Crippen LogP contribution in [0.2, 0.25) is 0 Å². The van der Waals surface area contributed by atoms with Gasteiger partial charge in [-0.3, -0.25) is 4.79 Å². The summed E-state index contributed by atoms with van der Waals surface area (Å²) >= 11 is 0. The van der Waals surface area contributed by atoms with Crippen LogP contribution in [0.1, 0.15) is 91.9 Å². The molecule has 0 spiro atoms. The van der Waals surface area contributed by atoms with E-state index in [0.29, 0.717) is 48.5 Å². The number of nitrogens with two attached hydrogens (primary N) is 1. The molecule has 0 saturated heterocycles. The van der Waals surface area contributed by atoms with E-state index < -0.39 is 0 Å². The highest BCUT2D eigenvalue weighted by atomic mass is 33.1. The number of rotatable bonds is 8. The summed E-state index contributed by atoms with van der Waals surface area (Å²) in [6, 6.07) is 0. The molecule has 0 bridgehead atoms. The first-order chi connectivity index (χ1) is 18.3.